The summed E-state index contributed by atoms with van der Waals surface area (Å²) in [6.07, 6.45) is 0. The van der Waals surface area contributed by atoms with E-state index in [0.717, 1.165) is 21.7 Å². The van der Waals surface area contributed by atoms with E-state index in [9.17, 15) is 4.79 Å². The molecule has 160 valence electrons. The second-order valence-electron chi connectivity index (χ2n) is 6.63. The molecule has 0 radical (unpaired) electrons. The molecule has 9 heteroatoms. The Hall–Kier alpha value is -3.59. The van der Waals surface area contributed by atoms with E-state index in [0.29, 0.717) is 29.1 Å². The number of carbonyl (C=O) groups excluding carboxylic acids is 1. The van der Waals surface area contributed by atoms with E-state index in [4.69, 9.17) is 14.2 Å². The van der Waals surface area contributed by atoms with Crippen LogP contribution in [0.3, 0.4) is 0 Å². The average molecular weight is 439 g/mol. The largest absolute Gasteiger partial charge is 0.497 e. The Balaban J connectivity index is 1.51. The van der Waals surface area contributed by atoms with E-state index in [1.54, 1.807) is 30.0 Å². The normalized spacial score (nSPS) is 10.8. The Morgan fingerprint density at radius 3 is 2.65 bits per heavy atom. The monoisotopic (exact) mass is 438 g/mol. The van der Waals surface area contributed by atoms with Gasteiger partial charge in [-0.15, -0.1) is 0 Å². The number of benzene rings is 2. The van der Waals surface area contributed by atoms with Crippen LogP contribution >= 0.6 is 11.3 Å². The first-order valence-corrected chi connectivity index (χ1v) is 10.5. The zero-order chi connectivity index (χ0) is 21.8. The van der Waals surface area contributed by atoms with Gasteiger partial charge in [0.1, 0.15) is 11.6 Å². The summed E-state index contributed by atoms with van der Waals surface area (Å²) in [6.45, 7) is 4.10. The van der Waals surface area contributed by atoms with Gasteiger partial charge in [0.25, 0.3) is 5.91 Å². The molecular weight excluding hydrogens is 416 g/mol. The quantitative estimate of drug-likeness (QED) is 0.443. The van der Waals surface area contributed by atoms with Crippen molar-refractivity contribution in [2.75, 3.05) is 25.6 Å². The van der Waals surface area contributed by atoms with Crippen molar-refractivity contribution in [3.63, 3.8) is 0 Å². The highest BCUT2D eigenvalue weighted by atomic mass is 32.1. The number of amides is 1. The number of hydrogen-bond donors (Lipinski definition) is 1. The summed E-state index contributed by atoms with van der Waals surface area (Å²) < 4.78 is 19.1. The van der Waals surface area contributed by atoms with E-state index in [1.807, 2.05) is 44.2 Å². The third kappa shape index (κ3) is 4.61. The molecule has 0 aliphatic rings. The van der Waals surface area contributed by atoms with Gasteiger partial charge in [-0.3, -0.25) is 4.79 Å². The summed E-state index contributed by atoms with van der Waals surface area (Å²) in [5.41, 5.74) is 1.59. The van der Waals surface area contributed by atoms with Crippen LogP contribution in [0.1, 0.15) is 12.6 Å². The Morgan fingerprint density at radius 2 is 1.90 bits per heavy atom. The zero-order valence-electron chi connectivity index (χ0n) is 17.4. The molecule has 4 aromatic rings. The Kier molecular flexibility index (Phi) is 6.03. The van der Waals surface area contributed by atoms with Gasteiger partial charge in [0.2, 0.25) is 5.13 Å². The van der Waals surface area contributed by atoms with Crippen molar-refractivity contribution in [3.05, 3.63) is 54.2 Å². The Bertz CT molecular complexity index is 1220. The van der Waals surface area contributed by atoms with E-state index in [2.05, 4.69) is 15.4 Å². The van der Waals surface area contributed by atoms with Crippen LogP contribution in [-0.4, -0.2) is 41.0 Å². The summed E-state index contributed by atoms with van der Waals surface area (Å²) in [6, 6.07) is 14.7. The molecular formula is C22H22N4O4S. The van der Waals surface area contributed by atoms with Crippen molar-refractivity contribution < 1.29 is 19.0 Å². The van der Waals surface area contributed by atoms with Gasteiger partial charge in [0.05, 0.1) is 29.6 Å². The number of methoxy groups -OCH3 is 1. The lowest BCUT2D eigenvalue weighted by Crippen LogP contribution is -2.22. The molecule has 0 aliphatic carbocycles. The molecule has 4 rings (SSSR count). The number of thiazole rings is 1. The first kappa shape index (κ1) is 20.7. The van der Waals surface area contributed by atoms with E-state index in [1.165, 1.54) is 11.3 Å². The predicted molar refractivity (Wildman–Crippen MR) is 120 cm³/mol. The number of aromatic nitrogens is 3. The zero-order valence-corrected chi connectivity index (χ0v) is 18.2. The van der Waals surface area contributed by atoms with Crippen LogP contribution in [0.4, 0.5) is 5.82 Å². The summed E-state index contributed by atoms with van der Waals surface area (Å²) in [5, 5.41) is 7.99. The van der Waals surface area contributed by atoms with Crippen LogP contribution < -0.4 is 19.5 Å². The molecule has 0 atom stereocenters. The van der Waals surface area contributed by atoms with E-state index in [-0.39, 0.29) is 12.5 Å². The van der Waals surface area contributed by atoms with Crippen molar-refractivity contribution in [3.8, 4) is 22.4 Å². The summed E-state index contributed by atoms with van der Waals surface area (Å²) in [5.74, 6) is 2.09. The maximum absolute atomic E-state index is 12.6. The van der Waals surface area contributed by atoms with Crippen LogP contribution in [0.15, 0.2) is 48.5 Å². The van der Waals surface area contributed by atoms with Gasteiger partial charge >= 0.3 is 0 Å². The number of rotatable bonds is 8. The molecule has 0 saturated heterocycles. The fourth-order valence-electron chi connectivity index (χ4n) is 3.01. The lowest BCUT2D eigenvalue weighted by molar-refractivity contribution is -0.118. The van der Waals surface area contributed by atoms with Crippen LogP contribution in [0, 0.1) is 6.92 Å². The molecule has 1 N–H and O–H groups in total. The molecule has 1 amide bonds. The predicted octanol–water partition coefficient (Wildman–Crippen LogP) is 4.22. The number of aryl methyl sites for hydroxylation is 1. The summed E-state index contributed by atoms with van der Waals surface area (Å²) >= 11 is 1.46. The van der Waals surface area contributed by atoms with Gasteiger partial charge in [-0.1, -0.05) is 23.5 Å². The van der Waals surface area contributed by atoms with Crippen LogP contribution in [0.2, 0.25) is 0 Å². The minimum absolute atomic E-state index is 0.161. The van der Waals surface area contributed by atoms with Crippen LogP contribution in [-0.2, 0) is 4.79 Å². The van der Waals surface area contributed by atoms with Crippen molar-refractivity contribution >= 4 is 33.3 Å². The molecule has 8 nitrogen and oxygen atoms in total. The van der Waals surface area contributed by atoms with Gasteiger partial charge in [-0.05, 0) is 44.2 Å². The minimum atomic E-state index is -0.310. The molecule has 0 spiro atoms. The second-order valence-corrected chi connectivity index (χ2v) is 7.64. The first-order chi connectivity index (χ1) is 15.1. The highest BCUT2D eigenvalue weighted by Crippen LogP contribution is 2.30. The number of fused-ring (bicyclic) bond motifs is 1. The molecule has 2 heterocycles. The van der Waals surface area contributed by atoms with Gasteiger partial charge in [0.15, 0.2) is 18.1 Å². The maximum Gasteiger partial charge on any atom is 0.263 e. The summed E-state index contributed by atoms with van der Waals surface area (Å²) in [7, 11) is 1.63. The first-order valence-electron chi connectivity index (χ1n) is 9.73. The van der Waals surface area contributed by atoms with Crippen molar-refractivity contribution in [1.82, 2.24) is 14.8 Å². The summed E-state index contributed by atoms with van der Waals surface area (Å²) in [4.78, 5) is 17.2. The van der Waals surface area contributed by atoms with E-state index >= 15 is 0 Å². The molecule has 2 aromatic heterocycles. The van der Waals surface area contributed by atoms with Gasteiger partial charge in [0, 0.05) is 6.07 Å². The lowest BCUT2D eigenvalue weighted by Gasteiger charge is -2.11. The molecule has 0 aliphatic heterocycles. The fourth-order valence-corrected chi connectivity index (χ4v) is 3.97. The number of nitrogens with one attached hydrogen (secondary N) is 1. The topological polar surface area (TPSA) is 87.5 Å². The number of ether oxygens (including phenoxy) is 3. The molecule has 0 bridgehead atoms. The number of para-hydroxylation sites is 2. The number of nitrogens with zero attached hydrogens (tertiary/aromatic N) is 3. The van der Waals surface area contributed by atoms with Gasteiger partial charge < -0.3 is 19.5 Å². The fraction of sp³-hybridized carbons (Fsp3) is 0.227. The molecule has 0 fully saturated rings. The third-order valence-electron chi connectivity index (χ3n) is 4.37. The standard InChI is InChI=1S/C22H22N4O4S/c1-4-29-17-7-5-6-8-18(17)30-13-21(27)24-20-11-14(2)25-26(20)22-23-16-10-9-15(28-3)12-19(16)31-22/h5-12H,4,13H2,1-3H3,(H,24,27). The van der Waals surface area contributed by atoms with Crippen LogP contribution in [0.5, 0.6) is 17.2 Å². The van der Waals surface area contributed by atoms with Crippen molar-refractivity contribution in [1.29, 1.82) is 0 Å². The van der Waals surface area contributed by atoms with Gasteiger partial charge in [-0.25, -0.2) is 4.98 Å². The Labute approximate surface area is 183 Å². The lowest BCUT2D eigenvalue weighted by atomic mass is 10.3. The number of anilines is 1. The van der Waals surface area contributed by atoms with Crippen LogP contribution in [0.25, 0.3) is 15.3 Å². The van der Waals surface area contributed by atoms with Gasteiger partial charge in [-0.2, -0.15) is 9.78 Å². The average Bonchev–Trinajstić information content (AvgIpc) is 3.35. The highest BCUT2D eigenvalue weighted by Gasteiger charge is 2.16. The highest BCUT2D eigenvalue weighted by molar-refractivity contribution is 7.20. The molecule has 31 heavy (non-hydrogen) atoms. The smallest absolute Gasteiger partial charge is 0.263 e. The molecule has 2 aromatic carbocycles. The second kappa shape index (κ2) is 9.05. The number of hydrogen-bond acceptors (Lipinski definition) is 7. The minimum Gasteiger partial charge on any atom is -0.497 e. The van der Waals surface area contributed by atoms with Crippen molar-refractivity contribution in [2.24, 2.45) is 0 Å². The maximum atomic E-state index is 12.6. The van der Waals surface area contributed by atoms with E-state index < -0.39 is 0 Å². The molecule has 0 saturated carbocycles. The molecule has 0 unspecified atom stereocenters. The van der Waals surface area contributed by atoms with Crippen molar-refractivity contribution in [2.45, 2.75) is 13.8 Å². The third-order valence-corrected chi connectivity index (χ3v) is 5.37. The number of carbonyl (C=O) groups is 1. The Morgan fingerprint density at radius 1 is 1.13 bits per heavy atom. The SMILES string of the molecule is CCOc1ccccc1OCC(=O)Nc1cc(C)nn1-c1nc2ccc(OC)cc2s1.